The van der Waals surface area contributed by atoms with Crippen molar-refractivity contribution in [1.82, 2.24) is 19.1 Å². The van der Waals surface area contributed by atoms with Crippen molar-refractivity contribution >= 4 is 32.2 Å². The Kier molecular flexibility index (Phi) is 6.16. The number of sulfone groups is 1. The van der Waals surface area contributed by atoms with Crippen LogP contribution >= 0.6 is 0 Å². The summed E-state index contributed by atoms with van der Waals surface area (Å²) < 4.78 is 92.7. The molecule has 0 unspecified atom stereocenters. The lowest BCUT2D eigenvalue weighted by molar-refractivity contribution is -0.391. The van der Waals surface area contributed by atoms with E-state index in [0.717, 1.165) is 30.7 Å². The van der Waals surface area contributed by atoms with E-state index >= 15 is 0 Å². The number of rotatable bonds is 7. The number of aromatic nitrogens is 4. The molecule has 0 bridgehead atoms. The third kappa shape index (κ3) is 4.39. The van der Waals surface area contributed by atoms with Crippen molar-refractivity contribution in [2.24, 2.45) is 25.0 Å². The van der Waals surface area contributed by atoms with Gasteiger partial charge < -0.3 is 18.6 Å². The van der Waals surface area contributed by atoms with E-state index in [4.69, 9.17) is 0 Å². The fourth-order valence-electron chi connectivity index (χ4n) is 4.33. The van der Waals surface area contributed by atoms with Crippen molar-refractivity contribution in [2.45, 2.75) is 43.9 Å². The van der Waals surface area contributed by atoms with Crippen LogP contribution in [0.25, 0.3) is 28.1 Å². The number of halogens is 4. The summed E-state index contributed by atoms with van der Waals surface area (Å²) in [7, 11) is -0.812. The molecule has 1 aliphatic carbocycles. The molecule has 0 saturated heterocycles. The second-order valence-corrected chi connectivity index (χ2v) is 11.6. The van der Waals surface area contributed by atoms with Gasteiger partial charge in [0, 0.05) is 43.7 Å². The number of benzene rings is 1. The Morgan fingerprint density at radius 3 is 2.31 bits per heavy atom. The fraction of sp³-hybridized carbons (Fsp3) is 0.400. The molecule has 14 heteroatoms. The quantitative estimate of drug-likeness (QED) is 0.223. The van der Waals surface area contributed by atoms with E-state index in [0.29, 0.717) is 11.5 Å². The summed E-state index contributed by atoms with van der Waals surface area (Å²) in [6, 6.07) is 2.10. The van der Waals surface area contributed by atoms with Crippen LogP contribution in [0.3, 0.4) is 0 Å². The van der Waals surface area contributed by atoms with E-state index in [1.807, 2.05) is 6.92 Å². The molecule has 0 amide bonds. The van der Waals surface area contributed by atoms with Gasteiger partial charge in [0.2, 0.25) is 0 Å². The monoisotopic (exact) mass is 567 g/mol. The van der Waals surface area contributed by atoms with Crippen LogP contribution in [0.1, 0.15) is 32.5 Å². The fourth-order valence-corrected chi connectivity index (χ4v) is 5.53. The molecule has 0 radical (unpaired) electrons. The number of alkyl halides is 4. The zero-order chi connectivity index (χ0) is 28.5. The van der Waals surface area contributed by atoms with Crippen molar-refractivity contribution in [2.75, 3.05) is 5.75 Å². The van der Waals surface area contributed by atoms with E-state index in [1.54, 1.807) is 6.20 Å². The van der Waals surface area contributed by atoms with Gasteiger partial charge >= 0.3 is 12.2 Å². The molecule has 0 spiro atoms. The van der Waals surface area contributed by atoms with Gasteiger partial charge in [0.15, 0.2) is 32.2 Å². The highest BCUT2D eigenvalue weighted by Crippen LogP contribution is 2.48. The summed E-state index contributed by atoms with van der Waals surface area (Å²) >= 11 is 0. The van der Waals surface area contributed by atoms with Crippen LogP contribution in [-0.4, -0.2) is 51.2 Å². The lowest BCUT2D eigenvalue weighted by Crippen LogP contribution is -2.52. The number of fused-ring (bicyclic) bond motifs is 2. The summed E-state index contributed by atoms with van der Waals surface area (Å²) in [5.41, 5.74) is 1.68. The molecule has 1 fully saturated rings. The second-order valence-electron chi connectivity index (χ2n) is 9.40. The molecular formula is C25H25F4N5O4S. The van der Waals surface area contributed by atoms with Crippen molar-refractivity contribution in [3.63, 3.8) is 0 Å². The highest BCUT2D eigenvalue weighted by Gasteiger charge is 2.66. The van der Waals surface area contributed by atoms with Gasteiger partial charge in [-0.1, -0.05) is 19.6 Å². The normalized spacial score (nSPS) is 19.0. The molecule has 0 atom stereocenters. The Hall–Kier alpha value is -3.68. The first-order valence-corrected chi connectivity index (χ1v) is 13.7. The standard InChI is InChI=1S/C25H25F4N5O4S/c1-6-14(12-30-13(3)15-8-9-15)21-32-20(23(34(21)5)39(35,36)7-2)22-31-16-10-18-19(11-17(16)33(22)4)38-25(28,29)24(26,27)37-18/h6,10-12,15H,1,7-9H2,2-5H3/b14-12+,30-13?. The van der Waals surface area contributed by atoms with Gasteiger partial charge in [-0.2, -0.15) is 17.6 Å². The average Bonchev–Trinajstić information content (AvgIpc) is 3.59. The molecular weight excluding hydrogens is 542 g/mol. The molecule has 2 aromatic heterocycles. The van der Waals surface area contributed by atoms with Gasteiger partial charge in [-0.25, -0.2) is 18.4 Å². The first-order chi connectivity index (χ1) is 18.2. The second kappa shape index (κ2) is 8.93. The van der Waals surface area contributed by atoms with Crippen LogP contribution in [0.15, 0.2) is 41.0 Å². The minimum absolute atomic E-state index is 0.0147. The van der Waals surface area contributed by atoms with Gasteiger partial charge in [0.1, 0.15) is 11.5 Å². The van der Waals surface area contributed by atoms with Crippen LogP contribution < -0.4 is 9.47 Å². The molecule has 39 heavy (non-hydrogen) atoms. The van der Waals surface area contributed by atoms with Crippen LogP contribution in [0.4, 0.5) is 17.6 Å². The maximum absolute atomic E-state index is 13.7. The van der Waals surface area contributed by atoms with Gasteiger partial charge in [-0.3, -0.25) is 4.99 Å². The van der Waals surface area contributed by atoms with Crippen LogP contribution in [0.5, 0.6) is 11.5 Å². The summed E-state index contributed by atoms with van der Waals surface area (Å²) in [6.45, 7) is 7.22. The molecule has 9 nitrogen and oxygen atoms in total. The number of hydrogen-bond donors (Lipinski definition) is 0. The molecule has 1 aliphatic heterocycles. The van der Waals surface area contributed by atoms with E-state index < -0.39 is 33.6 Å². The van der Waals surface area contributed by atoms with Gasteiger partial charge in [0.25, 0.3) is 0 Å². The third-order valence-corrected chi connectivity index (χ3v) is 8.56. The molecule has 1 aromatic carbocycles. The average molecular weight is 568 g/mol. The molecule has 3 heterocycles. The largest absolute Gasteiger partial charge is 0.507 e. The Labute approximate surface area is 221 Å². The summed E-state index contributed by atoms with van der Waals surface area (Å²) in [5.74, 6) is -0.741. The zero-order valence-electron chi connectivity index (χ0n) is 21.5. The highest BCUT2D eigenvalue weighted by molar-refractivity contribution is 7.91. The highest BCUT2D eigenvalue weighted by atomic mass is 32.2. The minimum Gasteiger partial charge on any atom is -0.421 e. The number of ether oxygens (including phenoxy) is 2. The smallest absolute Gasteiger partial charge is 0.421 e. The molecule has 208 valence electrons. The molecule has 2 aliphatic rings. The van der Waals surface area contributed by atoms with Crippen LogP contribution in [0, 0.1) is 5.92 Å². The lowest BCUT2D eigenvalue weighted by Gasteiger charge is -2.31. The van der Waals surface area contributed by atoms with E-state index in [2.05, 4.69) is 31.0 Å². The summed E-state index contributed by atoms with van der Waals surface area (Å²) in [6.07, 6.45) is -4.55. The first-order valence-electron chi connectivity index (χ1n) is 12.0. The number of nitrogens with zero attached hydrogens (tertiary/aromatic N) is 5. The van der Waals surface area contributed by atoms with Crippen molar-refractivity contribution in [1.29, 1.82) is 0 Å². The predicted molar refractivity (Wildman–Crippen MR) is 136 cm³/mol. The maximum atomic E-state index is 13.7. The van der Waals surface area contributed by atoms with Crippen molar-refractivity contribution in [3.8, 4) is 23.0 Å². The topological polar surface area (TPSA) is 101 Å². The van der Waals surface area contributed by atoms with Gasteiger partial charge in [-0.05, 0) is 25.7 Å². The zero-order valence-corrected chi connectivity index (χ0v) is 22.3. The van der Waals surface area contributed by atoms with E-state index in [9.17, 15) is 26.0 Å². The van der Waals surface area contributed by atoms with Crippen molar-refractivity contribution < 1.29 is 35.5 Å². The predicted octanol–water partition coefficient (Wildman–Crippen LogP) is 5.12. The molecule has 3 aromatic rings. The number of imidazole rings is 2. The molecule has 1 saturated carbocycles. The number of aliphatic imine (C=N–C) groups is 1. The Balaban J connectivity index is 1.70. The van der Waals surface area contributed by atoms with Crippen LogP contribution in [-0.2, 0) is 23.9 Å². The SMILES string of the molecule is C=C/C(=C\N=C(C)C1CC1)c1nc(-c2nc3cc4c(cc3n2C)OC(F)(F)C(F)(F)O4)c(S(=O)(=O)CC)n1C. The lowest BCUT2D eigenvalue weighted by atomic mass is 10.2. The minimum atomic E-state index is -4.89. The van der Waals surface area contributed by atoms with Gasteiger partial charge in [-0.15, -0.1) is 0 Å². The maximum Gasteiger partial charge on any atom is 0.507 e. The molecule has 0 N–H and O–H groups in total. The first kappa shape index (κ1) is 26.9. The Morgan fingerprint density at radius 2 is 1.74 bits per heavy atom. The Morgan fingerprint density at radius 1 is 1.13 bits per heavy atom. The summed E-state index contributed by atoms with van der Waals surface area (Å²) in [5, 5.41) is -0.135. The number of allylic oxidation sites excluding steroid dienone is 2. The number of hydrogen-bond acceptors (Lipinski definition) is 7. The third-order valence-electron chi connectivity index (χ3n) is 6.74. The van der Waals surface area contributed by atoms with Crippen LogP contribution in [0.2, 0.25) is 0 Å². The van der Waals surface area contributed by atoms with Crippen molar-refractivity contribution in [3.05, 3.63) is 36.8 Å². The summed E-state index contributed by atoms with van der Waals surface area (Å²) in [4.78, 5) is 13.5. The van der Waals surface area contributed by atoms with E-state index in [-0.39, 0.29) is 39.2 Å². The van der Waals surface area contributed by atoms with E-state index in [1.165, 1.54) is 36.2 Å². The Bertz CT molecular complexity index is 1680. The van der Waals surface area contributed by atoms with Gasteiger partial charge in [0.05, 0.1) is 16.8 Å². The number of aryl methyl sites for hydroxylation is 1. The molecule has 5 rings (SSSR count).